The van der Waals surface area contributed by atoms with Crippen molar-refractivity contribution in [3.8, 4) is 6.07 Å². The zero-order chi connectivity index (χ0) is 20.4. The summed E-state index contributed by atoms with van der Waals surface area (Å²) in [5.74, 6) is -0.875. The summed E-state index contributed by atoms with van der Waals surface area (Å²) in [6, 6.07) is 9.96. The topological polar surface area (TPSA) is 126 Å². The second kappa shape index (κ2) is 7.63. The Hall–Kier alpha value is -3.49. The maximum atomic E-state index is 11.6. The lowest BCUT2D eigenvalue weighted by atomic mass is 9.82. The highest BCUT2D eigenvalue weighted by Crippen LogP contribution is 2.42. The number of nitro benzene ring substituents is 2. The number of nitrogens with zero attached hydrogens (tertiary/aromatic N) is 4. The third-order valence-corrected chi connectivity index (χ3v) is 4.98. The van der Waals surface area contributed by atoms with Gasteiger partial charge in [-0.15, -0.1) is 0 Å². The van der Waals surface area contributed by atoms with Crippen LogP contribution in [0.3, 0.4) is 0 Å². The van der Waals surface area contributed by atoms with Crippen molar-refractivity contribution in [2.45, 2.75) is 12.0 Å². The van der Waals surface area contributed by atoms with Gasteiger partial charge in [-0.3, -0.25) is 20.2 Å². The Balaban J connectivity index is 2.29. The minimum absolute atomic E-state index is 0.0814. The van der Waals surface area contributed by atoms with Crippen LogP contribution in [0.4, 0.5) is 11.4 Å². The van der Waals surface area contributed by atoms with Gasteiger partial charge in [-0.2, -0.15) is 9.83 Å². The number of nitrogens with one attached hydrogen (secondary N) is 1. The third-order valence-electron chi connectivity index (χ3n) is 4.31. The van der Waals surface area contributed by atoms with Gasteiger partial charge in [-0.05, 0) is 6.07 Å². The zero-order valence-electron chi connectivity index (χ0n) is 14.0. The Morgan fingerprint density at radius 3 is 2.43 bits per heavy atom. The first-order chi connectivity index (χ1) is 13.3. The summed E-state index contributed by atoms with van der Waals surface area (Å²) in [6.07, 6.45) is 3.43. The summed E-state index contributed by atoms with van der Waals surface area (Å²) in [5, 5.41) is 35.3. The van der Waals surface area contributed by atoms with Gasteiger partial charge in [0.2, 0.25) is 6.04 Å². The van der Waals surface area contributed by atoms with E-state index in [0.717, 1.165) is 12.1 Å². The molecule has 1 aromatic carbocycles. The molecule has 0 aliphatic carbocycles. The predicted octanol–water partition coefficient (Wildman–Crippen LogP) is 2.33. The van der Waals surface area contributed by atoms with Gasteiger partial charge in [-0.1, -0.05) is 23.3 Å². The number of non-ortho nitro benzene ring substituents is 1. The number of nitro groups is 2. The van der Waals surface area contributed by atoms with Gasteiger partial charge in [0.15, 0.2) is 12.4 Å². The molecule has 2 heterocycles. The van der Waals surface area contributed by atoms with Gasteiger partial charge in [-0.25, -0.2) is 0 Å². The molecular formula is C17H11N5O4S2. The quantitative estimate of drug-likeness (QED) is 0.266. The summed E-state index contributed by atoms with van der Waals surface area (Å²) < 4.78 is 1.71. The van der Waals surface area contributed by atoms with Gasteiger partial charge < -0.3 is 17.9 Å². The van der Waals surface area contributed by atoms with Crippen molar-refractivity contribution in [2.24, 2.45) is 0 Å². The summed E-state index contributed by atoms with van der Waals surface area (Å²) in [7, 11) is 0. The smallest absolute Gasteiger partial charge is 0.280 e. The average molecular weight is 413 g/mol. The summed E-state index contributed by atoms with van der Waals surface area (Å²) >= 11 is 10.6. The Morgan fingerprint density at radius 2 is 1.86 bits per heavy atom. The number of pyridine rings is 1. The molecule has 0 saturated carbocycles. The van der Waals surface area contributed by atoms with E-state index >= 15 is 0 Å². The molecule has 1 N–H and O–H groups in total. The molecule has 28 heavy (non-hydrogen) atoms. The van der Waals surface area contributed by atoms with E-state index in [1.807, 2.05) is 6.07 Å². The van der Waals surface area contributed by atoms with Crippen LogP contribution in [0.2, 0.25) is 0 Å². The molecule has 1 aromatic heterocycles. The van der Waals surface area contributed by atoms with Crippen molar-refractivity contribution in [3.63, 3.8) is 0 Å². The molecule has 11 heteroatoms. The third kappa shape index (κ3) is 3.38. The standard InChI is InChI=1S/C17H11N5O4S2/c18-9-12-14(11-5-4-10(21(23)24)8-13(11)22(25)26)15(17(28)19-16(12)27)20-6-2-1-3-7-20/h1-8,14-15H,(H-,19,27,28). The lowest BCUT2D eigenvalue weighted by Gasteiger charge is -2.33. The van der Waals surface area contributed by atoms with Crippen molar-refractivity contribution < 1.29 is 14.4 Å². The summed E-state index contributed by atoms with van der Waals surface area (Å²) in [6.45, 7) is 0. The molecule has 2 atom stereocenters. The molecule has 140 valence electrons. The van der Waals surface area contributed by atoms with E-state index in [0.29, 0.717) is 0 Å². The number of nitriles is 1. The van der Waals surface area contributed by atoms with Gasteiger partial charge in [0, 0.05) is 29.3 Å². The zero-order valence-corrected chi connectivity index (χ0v) is 15.6. The average Bonchev–Trinajstić information content (AvgIpc) is 2.67. The van der Waals surface area contributed by atoms with Crippen LogP contribution in [0.15, 0.2) is 59.4 Å². The van der Waals surface area contributed by atoms with Crippen LogP contribution in [0.5, 0.6) is 0 Å². The number of allylic oxidation sites excluding steroid dienone is 1. The van der Waals surface area contributed by atoms with Crippen LogP contribution in [0.1, 0.15) is 17.5 Å². The highest BCUT2D eigenvalue weighted by Gasteiger charge is 2.43. The predicted molar refractivity (Wildman–Crippen MR) is 104 cm³/mol. The monoisotopic (exact) mass is 413 g/mol. The molecule has 0 amide bonds. The van der Waals surface area contributed by atoms with Crippen LogP contribution in [0.25, 0.3) is 0 Å². The number of hydrogen-bond acceptors (Lipinski definition) is 7. The minimum atomic E-state index is -0.875. The van der Waals surface area contributed by atoms with Crippen LogP contribution in [-0.4, -0.2) is 14.8 Å². The molecule has 0 saturated heterocycles. The fourth-order valence-electron chi connectivity index (χ4n) is 3.12. The lowest BCUT2D eigenvalue weighted by molar-refractivity contribution is -0.708. The minimum Gasteiger partial charge on any atom is -0.761 e. The number of rotatable bonds is 4. The highest BCUT2D eigenvalue weighted by atomic mass is 32.1. The van der Waals surface area contributed by atoms with E-state index in [-0.39, 0.29) is 21.2 Å². The molecule has 1 aliphatic heterocycles. The molecule has 0 fully saturated rings. The molecule has 3 rings (SSSR count). The second-order valence-corrected chi connectivity index (χ2v) is 6.69. The molecule has 1 aliphatic rings. The Kier molecular flexibility index (Phi) is 5.25. The highest BCUT2D eigenvalue weighted by molar-refractivity contribution is 7.80. The van der Waals surface area contributed by atoms with Crippen LogP contribution < -0.4 is 9.88 Å². The first-order valence-corrected chi connectivity index (χ1v) is 8.67. The van der Waals surface area contributed by atoms with Crippen LogP contribution >= 0.6 is 12.2 Å². The summed E-state index contributed by atoms with van der Waals surface area (Å²) in [5.41, 5.74) is -0.667. The van der Waals surface area contributed by atoms with Crippen LogP contribution in [-0.2, 0) is 12.6 Å². The maximum absolute atomic E-state index is 11.6. The molecule has 0 radical (unpaired) electrons. The number of hydrogen-bond donors (Lipinski definition) is 1. The molecular weight excluding hydrogens is 402 g/mol. The van der Waals surface area contributed by atoms with Gasteiger partial charge in [0.25, 0.3) is 11.4 Å². The molecule has 9 nitrogen and oxygen atoms in total. The fourth-order valence-corrected chi connectivity index (χ4v) is 3.83. The van der Waals surface area contributed by atoms with E-state index in [1.54, 1.807) is 35.2 Å². The van der Waals surface area contributed by atoms with Crippen molar-refractivity contribution in [1.29, 1.82) is 5.26 Å². The van der Waals surface area contributed by atoms with E-state index in [9.17, 15) is 25.5 Å². The number of thiocarbonyl (C=S) groups is 1. The van der Waals surface area contributed by atoms with Crippen molar-refractivity contribution in [2.75, 3.05) is 0 Å². The molecule has 0 bridgehead atoms. The molecule has 0 spiro atoms. The second-order valence-electron chi connectivity index (χ2n) is 5.85. The Bertz CT molecular complexity index is 1060. The van der Waals surface area contributed by atoms with E-state index in [4.69, 9.17) is 24.8 Å². The van der Waals surface area contributed by atoms with Crippen molar-refractivity contribution >= 4 is 41.2 Å². The Morgan fingerprint density at radius 1 is 1.18 bits per heavy atom. The molecule has 2 aromatic rings. The Labute approximate surface area is 169 Å². The van der Waals surface area contributed by atoms with Crippen molar-refractivity contribution in [3.05, 3.63) is 85.2 Å². The number of benzene rings is 1. The van der Waals surface area contributed by atoms with E-state index in [1.165, 1.54) is 6.07 Å². The van der Waals surface area contributed by atoms with Gasteiger partial charge >= 0.3 is 0 Å². The summed E-state index contributed by atoms with van der Waals surface area (Å²) in [4.78, 5) is 21.6. The SMILES string of the molecule is N#CC1=C([S-])NC(=S)C([n+]2ccccc2)C1c1ccc([N+](=O)[O-])cc1[N+](=O)[O-]. The largest absolute Gasteiger partial charge is 0.761 e. The first kappa shape index (κ1) is 19.3. The van der Waals surface area contributed by atoms with Gasteiger partial charge in [0.1, 0.15) is 4.99 Å². The van der Waals surface area contributed by atoms with Crippen molar-refractivity contribution in [1.82, 2.24) is 5.32 Å². The van der Waals surface area contributed by atoms with E-state index < -0.39 is 33.2 Å². The first-order valence-electron chi connectivity index (χ1n) is 7.85. The van der Waals surface area contributed by atoms with E-state index in [2.05, 4.69) is 5.32 Å². The van der Waals surface area contributed by atoms with Crippen LogP contribution in [0, 0.1) is 31.6 Å². The number of aromatic nitrogens is 1. The van der Waals surface area contributed by atoms with Gasteiger partial charge in [0.05, 0.1) is 27.9 Å². The lowest BCUT2D eigenvalue weighted by Crippen LogP contribution is -2.52. The fraction of sp³-hybridized carbons (Fsp3) is 0.118. The molecule has 2 unspecified atom stereocenters. The maximum Gasteiger partial charge on any atom is 0.280 e. The normalized spacial score (nSPS) is 18.9.